The van der Waals surface area contributed by atoms with Gasteiger partial charge < -0.3 is 4.90 Å². The zero-order chi connectivity index (χ0) is 18.1. The van der Waals surface area contributed by atoms with Gasteiger partial charge in [-0.2, -0.15) is 5.10 Å². The van der Waals surface area contributed by atoms with E-state index in [1.165, 1.54) is 23.3 Å². The third-order valence-corrected chi connectivity index (χ3v) is 4.92. The SMILES string of the molecule is Cc1ccc(-c2n[nH]c3c2CCN(C(=O)c2ccc(F)cc2)CC3)cc1. The Morgan fingerprint density at radius 3 is 2.46 bits per heavy atom. The van der Waals surface area contributed by atoms with Crippen LogP contribution in [0.5, 0.6) is 0 Å². The molecule has 2 aromatic carbocycles. The summed E-state index contributed by atoms with van der Waals surface area (Å²) in [5.41, 5.74) is 6.07. The molecule has 0 atom stereocenters. The third kappa shape index (κ3) is 3.12. The van der Waals surface area contributed by atoms with Gasteiger partial charge in [0.25, 0.3) is 5.91 Å². The molecule has 1 aliphatic heterocycles. The third-order valence-electron chi connectivity index (χ3n) is 4.92. The number of amides is 1. The Labute approximate surface area is 151 Å². The first-order valence-corrected chi connectivity index (χ1v) is 8.80. The van der Waals surface area contributed by atoms with Crippen LogP contribution in [-0.2, 0) is 12.8 Å². The fraction of sp³-hybridized carbons (Fsp3) is 0.238. The molecular weight excluding hydrogens is 329 g/mol. The molecule has 0 fully saturated rings. The molecule has 0 saturated heterocycles. The standard InChI is InChI=1S/C21H20FN3O/c1-14-2-4-15(5-3-14)20-18-10-12-25(13-11-19(18)23-24-20)21(26)16-6-8-17(22)9-7-16/h2-9H,10-13H2,1H3,(H,23,24). The van der Waals surface area contributed by atoms with Gasteiger partial charge in [-0.1, -0.05) is 29.8 Å². The number of benzene rings is 2. The van der Waals surface area contributed by atoms with E-state index < -0.39 is 0 Å². The highest BCUT2D eigenvalue weighted by atomic mass is 19.1. The van der Waals surface area contributed by atoms with Gasteiger partial charge in [0.2, 0.25) is 0 Å². The number of H-pyrrole nitrogens is 1. The molecule has 0 saturated carbocycles. The van der Waals surface area contributed by atoms with Gasteiger partial charge in [0, 0.05) is 41.9 Å². The minimum Gasteiger partial charge on any atom is -0.338 e. The summed E-state index contributed by atoms with van der Waals surface area (Å²) in [5.74, 6) is -0.388. The van der Waals surface area contributed by atoms with E-state index in [1.807, 2.05) is 4.90 Å². The Morgan fingerprint density at radius 2 is 1.73 bits per heavy atom. The number of aryl methyl sites for hydroxylation is 1. The topological polar surface area (TPSA) is 49.0 Å². The summed E-state index contributed by atoms with van der Waals surface area (Å²) in [6.07, 6.45) is 1.49. The Kier molecular flexibility index (Phi) is 4.29. The number of carbonyl (C=O) groups excluding carboxylic acids is 1. The lowest BCUT2D eigenvalue weighted by Crippen LogP contribution is -2.33. The van der Waals surface area contributed by atoms with Gasteiger partial charge in [0.05, 0.1) is 5.69 Å². The van der Waals surface area contributed by atoms with E-state index in [4.69, 9.17) is 0 Å². The number of rotatable bonds is 2. The Morgan fingerprint density at radius 1 is 1.04 bits per heavy atom. The number of aromatic nitrogens is 2. The van der Waals surface area contributed by atoms with Crippen molar-refractivity contribution in [2.45, 2.75) is 19.8 Å². The first-order valence-electron chi connectivity index (χ1n) is 8.80. The predicted octanol–water partition coefficient (Wildman–Crippen LogP) is 3.77. The van der Waals surface area contributed by atoms with Crippen LogP contribution in [-0.4, -0.2) is 34.1 Å². The average Bonchev–Trinajstić information content (AvgIpc) is 2.94. The summed E-state index contributed by atoms with van der Waals surface area (Å²) in [6, 6.07) is 14.1. The molecule has 1 aromatic heterocycles. The summed E-state index contributed by atoms with van der Waals surface area (Å²) in [7, 11) is 0. The second kappa shape index (κ2) is 6.75. The van der Waals surface area contributed by atoms with Crippen molar-refractivity contribution >= 4 is 5.91 Å². The quantitative estimate of drug-likeness (QED) is 0.766. The molecule has 4 nitrogen and oxygen atoms in total. The molecule has 1 N–H and O–H groups in total. The highest BCUT2D eigenvalue weighted by Gasteiger charge is 2.23. The number of nitrogens with zero attached hydrogens (tertiary/aromatic N) is 2. The van der Waals surface area contributed by atoms with Gasteiger partial charge in [-0.05, 0) is 37.6 Å². The molecule has 3 aromatic rings. The second-order valence-corrected chi connectivity index (χ2v) is 6.69. The number of halogens is 1. The summed E-state index contributed by atoms with van der Waals surface area (Å²) in [4.78, 5) is 14.5. The molecule has 0 unspecified atom stereocenters. The van der Waals surface area contributed by atoms with Crippen LogP contribution in [0.25, 0.3) is 11.3 Å². The first kappa shape index (κ1) is 16.5. The highest BCUT2D eigenvalue weighted by Crippen LogP contribution is 2.27. The molecule has 132 valence electrons. The van der Waals surface area contributed by atoms with Crippen molar-refractivity contribution in [2.24, 2.45) is 0 Å². The number of aromatic amines is 1. The first-order chi connectivity index (χ1) is 12.6. The van der Waals surface area contributed by atoms with Crippen LogP contribution in [0.3, 0.4) is 0 Å². The molecule has 4 rings (SSSR count). The van der Waals surface area contributed by atoms with Crippen LogP contribution in [0.4, 0.5) is 4.39 Å². The molecule has 2 heterocycles. The van der Waals surface area contributed by atoms with E-state index >= 15 is 0 Å². The van der Waals surface area contributed by atoms with Crippen molar-refractivity contribution in [3.63, 3.8) is 0 Å². The van der Waals surface area contributed by atoms with Crippen LogP contribution in [0.15, 0.2) is 48.5 Å². The van der Waals surface area contributed by atoms with Gasteiger partial charge in [0.1, 0.15) is 5.82 Å². The van der Waals surface area contributed by atoms with Crippen LogP contribution in [0, 0.1) is 12.7 Å². The predicted molar refractivity (Wildman–Crippen MR) is 98.5 cm³/mol. The second-order valence-electron chi connectivity index (χ2n) is 6.69. The lowest BCUT2D eigenvalue weighted by Gasteiger charge is -2.20. The van der Waals surface area contributed by atoms with Gasteiger partial charge >= 0.3 is 0 Å². The Balaban J connectivity index is 1.55. The summed E-state index contributed by atoms with van der Waals surface area (Å²) >= 11 is 0. The van der Waals surface area contributed by atoms with E-state index in [0.717, 1.165) is 29.8 Å². The van der Waals surface area contributed by atoms with Crippen LogP contribution in [0.2, 0.25) is 0 Å². The van der Waals surface area contributed by atoms with Crippen molar-refractivity contribution in [1.82, 2.24) is 15.1 Å². The zero-order valence-electron chi connectivity index (χ0n) is 14.6. The molecule has 0 radical (unpaired) electrons. The van der Waals surface area contributed by atoms with E-state index in [-0.39, 0.29) is 11.7 Å². The van der Waals surface area contributed by atoms with Crippen LogP contribution >= 0.6 is 0 Å². The van der Waals surface area contributed by atoms with Crippen molar-refractivity contribution in [2.75, 3.05) is 13.1 Å². The molecular formula is C21H20FN3O. The maximum atomic E-state index is 13.1. The van der Waals surface area contributed by atoms with Crippen LogP contribution < -0.4 is 0 Å². The minimum atomic E-state index is -0.332. The summed E-state index contributed by atoms with van der Waals surface area (Å²) < 4.78 is 13.1. The van der Waals surface area contributed by atoms with Gasteiger partial charge in [-0.3, -0.25) is 9.89 Å². The number of carbonyl (C=O) groups is 1. The molecule has 5 heteroatoms. The summed E-state index contributed by atoms with van der Waals surface area (Å²) in [5, 5.41) is 7.66. The molecule has 0 aliphatic carbocycles. The fourth-order valence-electron chi connectivity index (χ4n) is 3.41. The average molecular weight is 349 g/mol. The molecule has 1 aliphatic rings. The Hall–Kier alpha value is -2.95. The van der Waals surface area contributed by atoms with Gasteiger partial charge in [-0.25, -0.2) is 4.39 Å². The summed E-state index contributed by atoms with van der Waals surface area (Å²) in [6.45, 7) is 3.31. The largest absolute Gasteiger partial charge is 0.338 e. The van der Waals surface area contributed by atoms with E-state index in [0.29, 0.717) is 18.7 Å². The maximum Gasteiger partial charge on any atom is 0.253 e. The number of hydrogen-bond acceptors (Lipinski definition) is 2. The monoisotopic (exact) mass is 349 g/mol. The van der Waals surface area contributed by atoms with Crippen molar-refractivity contribution < 1.29 is 9.18 Å². The van der Waals surface area contributed by atoms with Crippen molar-refractivity contribution in [1.29, 1.82) is 0 Å². The molecule has 0 bridgehead atoms. The van der Waals surface area contributed by atoms with Crippen molar-refractivity contribution in [3.8, 4) is 11.3 Å². The van der Waals surface area contributed by atoms with Crippen LogP contribution in [0.1, 0.15) is 27.2 Å². The zero-order valence-corrected chi connectivity index (χ0v) is 14.6. The minimum absolute atomic E-state index is 0.0556. The molecule has 26 heavy (non-hydrogen) atoms. The van der Waals surface area contributed by atoms with Gasteiger partial charge in [-0.15, -0.1) is 0 Å². The molecule has 1 amide bonds. The number of fused-ring (bicyclic) bond motifs is 1. The highest BCUT2D eigenvalue weighted by molar-refractivity contribution is 5.94. The molecule has 0 spiro atoms. The van der Waals surface area contributed by atoms with Gasteiger partial charge in [0.15, 0.2) is 0 Å². The lowest BCUT2D eigenvalue weighted by atomic mass is 10.0. The van der Waals surface area contributed by atoms with E-state index in [1.54, 1.807) is 12.1 Å². The number of hydrogen-bond donors (Lipinski definition) is 1. The maximum absolute atomic E-state index is 13.1. The fourth-order valence-corrected chi connectivity index (χ4v) is 3.41. The Bertz CT molecular complexity index is 929. The van der Waals surface area contributed by atoms with E-state index in [9.17, 15) is 9.18 Å². The normalized spacial score (nSPS) is 14.0. The van der Waals surface area contributed by atoms with E-state index in [2.05, 4.69) is 41.4 Å². The lowest BCUT2D eigenvalue weighted by molar-refractivity contribution is 0.0762. The smallest absolute Gasteiger partial charge is 0.253 e. The van der Waals surface area contributed by atoms with Crippen molar-refractivity contribution in [3.05, 3.63) is 76.7 Å². The number of nitrogens with one attached hydrogen (secondary N) is 1.